The number of rotatable bonds is 12. The Balaban J connectivity index is 0.000000583. The van der Waals surface area contributed by atoms with E-state index in [-0.39, 0.29) is 23.6 Å². The molecule has 3 aromatic rings. The van der Waals surface area contributed by atoms with Crippen molar-refractivity contribution in [3.8, 4) is 17.2 Å². The molecular weight excluding hydrogens is 572 g/mol. The van der Waals surface area contributed by atoms with Gasteiger partial charge in [-0.15, -0.1) is 0 Å². The number of fused-ring (bicyclic) bond motifs is 1. The number of ether oxygens (including phenoxy) is 3. The Morgan fingerprint density at radius 3 is 2.32 bits per heavy atom. The van der Waals surface area contributed by atoms with Crippen molar-refractivity contribution in [2.45, 2.75) is 19.4 Å². The second kappa shape index (κ2) is 17.1. The van der Waals surface area contributed by atoms with Gasteiger partial charge in [0.05, 0.1) is 19.9 Å². The first kappa shape index (κ1) is 33.3. The van der Waals surface area contributed by atoms with E-state index in [0.717, 1.165) is 5.56 Å². The van der Waals surface area contributed by atoms with Gasteiger partial charge in [-0.05, 0) is 24.1 Å². The first-order valence-electron chi connectivity index (χ1n) is 13.8. The van der Waals surface area contributed by atoms with Gasteiger partial charge in [0.15, 0.2) is 11.5 Å². The number of hydrogen-bond acceptors (Lipinski definition) is 9. The van der Waals surface area contributed by atoms with Crippen molar-refractivity contribution >= 4 is 23.5 Å². The summed E-state index contributed by atoms with van der Waals surface area (Å²) in [4.78, 5) is 48.7. The minimum absolute atomic E-state index is 0.0690. The lowest BCUT2D eigenvalue weighted by Gasteiger charge is -2.25. The lowest BCUT2D eigenvalue weighted by atomic mass is 10.2. The second-order valence-electron chi connectivity index (χ2n) is 9.56. The summed E-state index contributed by atoms with van der Waals surface area (Å²) in [6.07, 6.45) is 3.58. The molecule has 0 fully saturated rings. The van der Waals surface area contributed by atoms with Crippen molar-refractivity contribution in [1.82, 2.24) is 14.7 Å². The van der Waals surface area contributed by atoms with Crippen molar-refractivity contribution in [2.24, 2.45) is 7.05 Å². The lowest BCUT2D eigenvalue weighted by molar-refractivity contribution is -0.134. The summed E-state index contributed by atoms with van der Waals surface area (Å²) >= 11 is 0. The van der Waals surface area contributed by atoms with Crippen LogP contribution in [-0.2, 0) is 28.0 Å². The van der Waals surface area contributed by atoms with E-state index in [9.17, 15) is 19.2 Å². The number of carbonyl (C=O) groups excluding carboxylic acids is 1. The van der Waals surface area contributed by atoms with Crippen LogP contribution in [0.25, 0.3) is 0 Å². The van der Waals surface area contributed by atoms with E-state index in [0.29, 0.717) is 75.2 Å². The average Bonchev–Trinajstić information content (AvgIpc) is 3.24. The van der Waals surface area contributed by atoms with E-state index in [1.807, 2.05) is 42.5 Å². The molecule has 13 heteroatoms. The molecule has 234 valence electrons. The van der Waals surface area contributed by atoms with Crippen molar-refractivity contribution in [3.63, 3.8) is 0 Å². The fraction of sp³-hybridized carbons (Fsp3) is 0.323. The van der Waals surface area contributed by atoms with Crippen molar-refractivity contribution < 1.29 is 38.8 Å². The third kappa shape index (κ3) is 10.3. The summed E-state index contributed by atoms with van der Waals surface area (Å²) in [6.45, 7) is 3.16. The van der Waals surface area contributed by atoms with E-state index < -0.39 is 11.9 Å². The number of methoxy groups -OCH3 is 1. The third-order valence-electron chi connectivity index (χ3n) is 6.43. The van der Waals surface area contributed by atoms with Crippen LogP contribution in [0, 0.1) is 0 Å². The Kier molecular flexibility index (Phi) is 12.9. The number of hydrogen-bond donors (Lipinski definition) is 2. The van der Waals surface area contributed by atoms with Crippen molar-refractivity contribution in [3.05, 3.63) is 88.9 Å². The highest BCUT2D eigenvalue weighted by Crippen LogP contribution is 2.27. The summed E-state index contributed by atoms with van der Waals surface area (Å²) in [6, 6.07) is 17.7. The van der Waals surface area contributed by atoms with Gasteiger partial charge in [0.1, 0.15) is 12.3 Å². The molecule has 1 amide bonds. The number of carboxylic acid groups (broad SMARTS) is 2. The Labute approximate surface area is 254 Å². The quantitative estimate of drug-likeness (QED) is 0.291. The number of aromatic nitrogens is 2. The fourth-order valence-electron chi connectivity index (χ4n) is 4.28. The van der Waals surface area contributed by atoms with Crippen LogP contribution in [0.5, 0.6) is 17.2 Å². The van der Waals surface area contributed by atoms with Gasteiger partial charge < -0.3 is 29.3 Å². The number of carbonyl (C=O) groups is 3. The molecule has 2 heterocycles. The topological polar surface area (TPSA) is 161 Å². The number of amides is 1. The maximum Gasteiger partial charge on any atom is 0.328 e. The zero-order valence-electron chi connectivity index (χ0n) is 24.6. The van der Waals surface area contributed by atoms with E-state index in [4.69, 9.17) is 24.4 Å². The minimum Gasteiger partial charge on any atom is -0.493 e. The summed E-state index contributed by atoms with van der Waals surface area (Å²) in [5.74, 6) is -1.03. The van der Waals surface area contributed by atoms with Gasteiger partial charge in [0.2, 0.25) is 11.7 Å². The molecule has 1 aliphatic heterocycles. The molecule has 1 aliphatic rings. The summed E-state index contributed by atoms with van der Waals surface area (Å²) < 4.78 is 18.2. The smallest absolute Gasteiger partial charge is 0.328 e. The maximum absolute atomic E-state index is 13.3. The van der Waals surface area contributed by atoms with Crippen molar-refractivity contribution in [2.75, 3.05) is 44.9 Å². The molecule has 0 unspecified atom stereocenters. The van der Waals surface area contributed by atoms with Crippen LogP contribution >= 0.6 is 0 Å². The molecule has 0 saturated carbocycles. The van der Waals surface area contributed by atoms with E-state index >= 15 is 0 Å². The van der Waals surface area contributed by atoms with Gasteiger partial charge in [-0.3, -0.25) is 14.5 Å². The summed E-state index contributed by atoms with van der Waals surface area (Å²) in [5, 5.41) is 19.7. The van der Waals surface area contributed by atoms with Crippen LogP contribution in [0.3, 0.4) is 0 Å². The van der Waals surface area contributed by atoms with Gasteiger partial charge in [0, 0.05) is 51.8 Å². The first-order chi connectivity index (χ1) is 21.2. The molecule has 0 saturated heterocycles. The Bertz CT molecular complexity index is 1470. The number of para-hydroxylation sites is 2. The molecule has 0 bridgehead atoms. The molecule has 0 radical (unpaired) electrons. The highest BCUT2D eigenvalue weighted by atomic mass is 16.5. The number of carboxylic acids is 2. The number of aryl methyl sites for hydroxylation is 1. The summed E-state index contributed by atoms with van der Waals surface area (Å²) in [7, 11) is 3.18. The minimum atomic E-state index is -1.26. The molecule has 0 atom stereocenters. The van der Waals surface area contributed by atoms with Crippen LogP contribution in [0.4, 0.5) is 5.69 Å². The zero-order chi connectivity index (χ0) is 31.9. The Morgan fingerprint density at radius 2 is 1.66 bits per heavy atom. The van der Waals surface area contributed by atoms with Gasteiger partial charge in [0.25, 0.3) is 0 Å². The van der Waals surface area contributed by atoms with Gasteiger partial charge >= 0.3 is 17.5 Å². The fourth-order valence-corrected chi connectivity index (χ4v) is 4.28. The summed E-state index contributed by atoms with van der Waals surface area (Å²) in [5.41, 5.74) is 1.25. The molecule has 13 nitrogen and oxygen atoms in total. The molecular formula is C31H36N4O9. The van der Waals surface area contributed by atoms with Crippen molar-refractivity contribution in [1.29, 1.82) is 0 Å². The average molecular weight is 609 g/mol. The predicted octanol–water partition coefficient (Wildman–Crippen LogP) is 2.59. The van der Waals surface area contributed by atoms with Crippen LogP contribution in [0.1, 0.15) is 18.4 Å². The first-order valence-corrected chi connectivity index (χ1v) is 13.8. The van der Waals surface area contributed by atoms with Gasteiger partial charge in [-0.1, -0.05) is 42.5 Å². The molecule has 4 rings (SSSR count). The van der Waals surface area contributed by atoms with E-state index in [1.54, 1.807) is 19.1 Å². The molecule has 0 aliphatic carbocycles. The second-order valence-corrected chi connectivity index (χ2v) is 9.56. The van der Waals surface area contributed by atoms with Crippen LogP contribution in [-0.4, -0.2) is 82.7 Å². The number of nitrogens with zero attached hydrogens (tertiary/aromatic N) is 4. The lowest BCUT2D eigenvalue weighted by Crippen LogP contribution is -2.37. The van der Waals surface area contributed by atoms with Crippen LogP contribution in [0.15, 0.2) is 77.7 Å². The van der Waals surface area contributed by atoms with E-state index in [2.05, 4.69) is 22.1 Å². The molecule has 0 spiro atoms. The highest BCUT2D eigenvalue weighted by molar-refractivity contribution is 5.94. The SMILES string of the molecule is COc1ccccc1OCCN(CCC(=O)N1CCCOc2c1cnn(C)c2=O)Cc1ccccc1.O=C(O)/C=C/C(=O)O. The molecule has 2 aromatic carbocycles. The monoisotopic (exact) mass is 608 g/mol. The Morgan fingerprint density at radius 1 is 1.00 bits per heavy atom. The standard InChI is InChI=1S/C27H32N4O5.C4H4O4/c1-29-27(33)26-22(19-28-29)31(14-8-17-36-26)25(32)13-15-30(20-21-9-4-3-5-10-21)16-18-35-24-12-7-6-11-23(24)34-2;5-3(6)1-2-4(7)8/h3-7,9-12,19H,8,13-18,20H2,1-2H3;1-2H,(H,5,6)(H,7,8)/b;2-1+. The number of anilines is 1. The normalized spacial score (nSPS) is 12.4. The largest absolute Gasteiger partial charge is 0.493 e. The van der Waals surface area contributed by atoms with Crippen LogP contribution < -0.4 is 24.7 Å². The number of benzene rings is 2. The zero-order valence-corrected chi connectivity index (χ0v) is 24.6. The third-order valence-corrected chi connectivity index (χ3v) is 6.43. The Hall–Kier alpha value is -5.17. The molecule has 44 heavy (non-hydrogen) atoms. The van der Waals surface area contributed by atoms with Gasteiger partial charge in [-0.2, -0.15) is 5.10 Å². The maximum atomic E-state index is 13.3. The highest BCUT2D eigenvalue weighted by Gasteiger charge is 2.25. The predicted molar refractivity (Wildman–Crippen MR) is 161 cm³/mol. The van der Waals surface area contributed by atoms with Crippen LogP contribution in [0.2, 0.25) is 0 Å². The number of aliphatic carboxylic acids is 2. The molecule has 1 aromatic heterocycles. The molecule has 2 N–H and O–H groups in total. The van der Waals surface area contributed by atoms with E-state index in [1.165, 1.54) is 10.9 Å². The van der Waals surface area contributed by atoms with Gasteiger partial charge in [-0.25, -0.2) is 14.3 Å².